The van der Waals surface area contributed by atoms with Crippen LogP contribution in [0.1, 0.15) is 18.9 Å². The molecule has 1 aromatic heterocycles. The van der Waals surface area contributed by atoms with Crippen LogP contribution in [0.4, 0.5) is 0 Å². The van der Waals surface area contributed by atoms with E-state index in [0.717, 1.165) is 24.2 Å². The Labute approximate surface area is 99.8 Å². The van der Waals surface area contributed by atoms with E-state index in [4.69, 9.17) is 4.74 Å². The number of hydrogen-bond acceptors (Lipinski definition) is 5. The number of hydrogen-bond donors (Lipinski definition) is 0. The summed E-state index contributed by atoms with van der Waals surface area (Å²) >= 11 is 1.61. The van der Waals surface area contributed by atoms with Crippen molar-refractivity contribution in [2.45, 2.75) is 19.8 Å². The second kappa shape index (κ2) is 8.10. The van der Waals surface area contributed by atoms with Gasteiger partial charge in [0.05, 0.1) is 12.4 Å². The van der Waals surface area contributed by atoms with E-state index < -0.39 is 0 Å². The van der Waals surface area contributed by atoms with Crippen molar-refractivity contribution < 1.29 is 9.53 Å². The number of rotatable bonds is 7. The number of thioether (sulfide) groups is 1. The summed E-state index contributed by atoms with van der Waals surface area (Å²) in [5.41, 5.74) is 1.14. The zero-order chi connectivity index (χ0) is 11.6. The molecule has 88 valence electrons. The van der Waals surface area contributed by atoms with Gasteiger partial charge in [0.1, 0.15) is 6.33 Å². The molecular weight excluding hydrogens is 224 g/mol. The molecule has 1 rings (SSSR count). The largest absolute Gasteiger partial charge is 0.465 e. The Bertz CT molecular complexity index is 306. The predicted molar refractivity (Wildman–Crippen MR) is 64.3 cm³/mol. The van der Waals surface area contributed by atoms with E-state index in [1.807, 2.05) is 19.3 Å². The topological polar surface area (TPSA) is 52.1 Å². The van der Waals surface area contributed by atoms with Crippen LogP contribution < -0.4 is 0 Å². The van der Waals surface area contributed by atoms with Crippen molar-refractivity contribution in [3.8, 4) is 0 Å². The molecule has 16 heavy (non-hydrogen) atoms. The van der Waals surface area contributed by atoms with Crippen molar-refractivity contribution in [3.63, 3.8) is 0 Å². The molecular formula is C11H16N2O2S. The molecule has 1 aromatic rings. The maximum absolute atomic E-state index is 11.0. The molecule has 0 amide bonds. The van der Waals surface area contributed by atoms with Gasteiger partial charge in [-0.2, -0.15) is 11.8 Å². The smallest absolute Gasteiger partial charge is 0.315 e. The van der Waals surface area contributed by atoms with Gasteiger partial charge < -0.3 is 4.74 Å². The molecule has 0 radical (unpaired) electrons. The third-order valence-corrected chi connectivity index (χ3v) is 2.91. The average Bonchev–Trinajstić information content (AvgIpc) is 2.30. The van der Waals surface area contributed by atoms with Crippen LogP contribution in [-0.4, -0.2) is 34.0 Å². The van der Waals surface area contributed by atoms with Crippen molar-refractivity contribution in [2.24, 2.45) is 0 Å². The maximum Gasteiger partial charge on any atom is 0.315 e. The van der Waals surface area contributed by atoms with E-state index in [0.29, 0.717) is 12.4 Å². The number of esters is 1. The summed E-state index contributed by atoms with van der Waals surface area (Å²) in [7, 11) is 0. The van der Waals surface area contributed by atoms with E-state index >= 15 is 0 Å². The molecule has 1 heterocycles. The van der Waals surface area contributed by atoms with Gasteiger partial charge in [0.2, 0.25) is 0 Å². The van der Waals surface area contributed by atoms with Gasteiger partial charge >= 0.3 is 5.97 Å². The van der Waals surface area contributed by atoms with Gasteiger partial charge in [0.25, 0.3) is 0 Å². The fourth-order valence-electron chi connectivity index (χ4n) is 1.20. The maximum atomic E-state index is 11.0. The quantitative estimate of drug-likeness (QED) is 0.536. The van der Waals surface area contributed by atoms with E-state index in [-0.39, 0.29) is 5.97 Å². The molecule has 0 aliphatic carbocycles. The van der Waals surface area contributed by atoms with Crippen LogP contribution in [0.3, 0.4) is 0 Å². The summed E-state index contributed by atoms with van der Waals surface area (Å²) in [4.78, 5) is 18.9. The molecule has 0 aromatic carbocycles. The van der Waals surface area contributed by atoms with Gasteiger partial charge in [0.15, 0.2) is 0 Å². The summed E-state index contributed by atoms with van der Waals surface area (Å²) in [5, 5.41) is 0. The Morgan fingerprint density at radius 1 is 1.44 bits per heavy atom. The fraction of sp³-hybridized carbons (Fsp3) is 0.545. The Morgan fingerprint density at radius 2 is 2.19 bits per heavy atom. The molecule has 0 saturated heterocycles. The van der Waals surface area contributed by atoms with Gasteiger partial charge in [-0.25, -0.2) is 9.97 Å². The Balaban J connectivity index is 2.02. The second-order valence-corrected chi connectivity index (χ2v) is 4.31. The summed E-state index contributed by atoms with van der Waals surface area (Å²) in [6, 6.07) is 0. The lowest BCUT2D eigenvalue weighted by atomic mass is 10.2. The SMILES string of the molecule is CCOC(=O)CSCCCc1cncnc1. The van der Waals surface area contributed by atoms with Crippen LogP contribution in [0.5, 0.6) is 0 Å². The van der Waals surface area contributed by atoms with Crippen LogP contribution >= 0.6 is 11.8 Å². The number of aromatic nitrogens is 2. The molecule has 0 aliphatic heterocycles. The van der Waals surface area contributed by atoms with Gasteiger partial charge in [-0.1, -0.05) is 0 Å². The number of nitrogens with zero attached hydrogens (tertiary/aromatic N) is 2. The van der Waals surface area contributed by atoms with Gasteiger partial charge in [-0.05, 0) is 31.1 Å². The lowest BCUT2D eigenvalue weighted by molar-refractivity contribution is -0.139. The van der Waals surface area contributed by atoms with Crippen molar-refractivity contribution in [1.29, 1.82) is 0 Å². The third kappa shape index (κ3) is 5.70. The minimum Gasteiger partial charge on any atom is -0.465 e. The summed E-state index contributed by atoms with van der Waals surface area (Å²) < 4.78 is 4.83. The highest BCUT2D eigenvalue weighted by Crippen LogP contribution is 2.06. The van der Waals surface area contributed by atoms with Crippen molar-refractivity contribution in [3.05, 3.63) is 24.3 Å². The monoisotopic (exact) mass is 240 g/mol. The van der Waals surface area contributed by atoms with E-state index in [9.17, 15) is 4.79 Å². The molecule has 4 nitrogen and oxygen atoms in total. The van der Waals surface area contributed by atoms with E-state index in [2.05, 4.69) is 9.97 Å². The molecule has 5 heteroatoms. The normalized spacial score (nSPS) is 10.1. The van der Waals surface area contributed by atoms with Crippen LogP contribution in [0.25, 0.3) is 0 Å². The minimum atomic E-state index is -0.129. The number of carbonyl (C=O) groups is 1. The minimum absolute atomic E-state index is 0.129. The molecule has 0 spiro atoms. The van der Waals surface area contributed by atoms with Crippen LogP contribution in [0.2, 0.25) is 0 Å². The molecule has 0 bridgehead atoms. The zero-order valence-electron chi connectivity index (χ0n) is 9.39. The van der Waals surface area contributed by atoms with E-state index in [1.165, 1.54) is 6.33 Å². The second-order valence-electron chi connectivity index (χ2n) is 3.21. The van der Waals surface area contributed by atoms with Crippen molar-refractivity contribution >= 4 is 17.7 Å². The van der Waals surface area contributed by atoms with Crippen LogP contribution in [-0.2, 0) is 16.0 Å². The van der Waals surface area contributed by atoms with Gasteiger partial charge in [-0.15, -0.1) is 0 Å². The Kier molecular flexibility index (Phi) is 6.56. The molecule has 0 atom stereocenters. The van der Waals surface area contributed by atoms with Crippen LogP contribution in [0.15, 0.2) is 18.7 Å². The molecule has 0 fully saturated rings. The highest BCUT2D eigenvalue weighted by molar-refractivity contribution is 7.99. The average molecular weight is 240 g/mol. The first-order valence-electron chi connectivity index (χ1n) is 5.30. The van der Waals surface area contributed by atoms with Crippen molar-refractivity contribution in [1.82, 2.24) is 9.97 Å². The first-order valence-corrected chi connectivity index (χ1v) is 6.45. The first kappa shape index (κ1) is 13.0. The molecule has 0 aliphatic rings. The van der Waals surface area contributed by atoms with Gasteiger partial charge in [0, 0.05) is 12.4 Å². The molecule has 0 unspecified atom stereocenters. The summed E-state index contributed by atoms with van der Waals surface area (Å²) in [5.74, 6) is 1.27. The lowest BCUT2D eigenvalue weighted by Crippen LogP contribution is -2.07. The molecule has 0 saturated carbocycles. The zero-order valence-corrected chi connectivity index (χ0v) is 10.2. The standard InChI is InChI=1S/C11H16N2O2S/c1-2-15-11(14)8-16-5-3-4-10-6-12-9-13-7-10/h6-7,9H,2-5,8H2,1H3. The number of aryl methyl sites for hydroxylation is 1. The number of ether oxygens (including phenoxy) is 1. The first-order chi connectivity index (χ1) is 7.83. The lowest BCUT2D eigenvalue weighted by Gasteiger charge is -2.02. The fourth-order valence-corrected chi connectivity index (χ4v) is 1.94. The van der Waals surface area contributed by atoms with Gasteiger partial charge in [-0.3, -0.25) is 4.79 Å². The Hall–Kier alpha value is -1.10. The third-order valence-electron chi connectivity index (χ3n) is 1.89. The highest BCUT2D eigenvalue weighted by Gasteiger charge is 2.01. The van der Waals surface area contributed by atoms with Crippen molar-refractivity contribution in [2.75, 3.05) is 18.1 Å². The Morgan fingerprint density at radius 3 is 2.88 bits per heavy atom. The van der Waals surface area contributed by atoms with E-state index in [1.54, 1.807) is 11.8 Å². The van der Waals surface area contributed by atoms with Crippen LogP contribution in [0, 0.1) is 0 Å². The molecule has 0 N–H and O–H groups in total. The summed E-state index contributed by atoms with van der Waals surface area (Å²) in [6.07, 6.45) is 7.15. The predicted octanol–water partition coefficient (Wildman–Crippen LogP) is 1.71. The highest BCUT2D eigenvalue weighted by atomic mass is 32.2. The number of carbonyl (C=O) groups excluding carboxylic acids is 1. The summed E-state index contributed by atoms with van der Waals surface area (Å²) in [6.45, 7) is 2.28.